The van der Waals surface area contributed by atoms with E-state index in [1.165, 1.54) is 0 Å². The summed E-state index contributed by atoms with van der Waals surface area (Å²) in [7, 11) is 0. The maximum atomic E-state index is 13.4. The number of hydrogen-bond acceptors (Lipinski definition) is 3. The molecule has 0 radical (unpaired) electrons. The second-order valence-electron chi connectivity index (χ2n) is 3.82. The van der Waals surface area contributed by atoms with Crippen LogP contribution in [-0.2, 0) is 19.3 Å². The zero-order chi connectivity index (χ0) is 12.0. The van der Waals surface area contributed by atoms with E-state index in [-0.39, 0.29) is 5.82 Å². The van der Waals surface area contributed by atoms with E-state index in [1.807, 2.05) is 0 Å². The molecule has 0 fully saturated rings. The van der Waals surface area contributed by atoms with Gasteiger partial charge in [-0.2, -0.15) is 0 Å². The molecule has 0 atom stereocenters. The van der Waals surface area contributed by atoms with E-state index in [0.717, 1.165) is 23.1 Å². The predicted octanol–water partition coefficient (Wildman–Crippen LogP) is 0.329. The van der Waals surface area contributed by atoms with Crippen LogP contribution in [0.15, 0.2) is 12.1 Å². The Morgan fingerprint density at radius 3 is 1.62 bits per heavy atom. The first-order valence-electron chi connectivity index (χ1n) is 5.63. The van der Waals surface area contributed by atoms with Gasteiger partial charge in [-0.1, -0.05) is 0 Å². The Morgan fingerprint density at radius 2 is 1.25 bits per heavy atom. The van der Waals surface area contributed by atoms with Crippen molar-refractivity contribution in [3.8, 4) is 0 Å². The van der Waals surface area contributed by atoms with E-state index in [1.54, 1.807) is 12.1 Å². The molecule has 0 saturated heterocycles. The largest absolute Gasteiger partial charge is 0.330 e. The average molecular weight is 225 g/mol. The van der Waals surface area contributed by atoms with Crippen LogP contribution in [0.2, 0.25) is 0 Å². The SMILES string of the molecule is NCCc1cc(F)cc(CCN)c1CCN. The lowest BCUT2D eigenvalue weighted by molar-refractivity contribution is 0.620. The quantitative estimate of drug-likeness (QED) is 0.653. The molecule has 1 aromatic carbocycles. The fourth-order valence-corrected chi connectivity index (χ4v) is 1.98. The standard InChI is InChI=1S/C12H20FN3/c13-11-7-9(1-4-14)12(3-6-16)10(8-11)2-5-15/h7-8H,1-6,14-16H2. The molecule has 0 bridgehead atoms. The molecule has 6 N–H and O–H groups in total. The zero-order valence-corrected chi connectivity index (χ0v) is 9.51. The number of hydrogen-bond donors (Lipinski definition) is 3. The maximum Gasteiger partial charge on any atom is 0.123 e. The summed E-state index contributed by atoms with van der Waals surface area (Å²) in [6, 6.07) is 3.11. The minimum Gasteiger partial charge on any atom is -0.330 e. The topological polar surface area (TPSA) is 78.1 Å². The third-order valence-electron chi connectivity index (χ3n) is 2.62. The van der Waals surface area contributed by atoms with Crippen LogP contribution < -0.4 is 17.2 Å². The molecule has 3 nitrogen and oxygen atoms in total. The molecule has 4 heteroatoms. The second-order valence-corrected chi connectivity index (χ2v) is 3.82. The first-order chi connectivity index (χ1) is 7.72. The van der Waals surface area contributed by atoms with Gasteiger partial charge in [0.2, 0.25) is 0 Å². The van der Waals surface area contributed by atoms with E-state index >= 15 is 0 Å². The molecule has 0 aliphatic rings. The van der Waals surface area contributed by atoms with Gasteiger partial charge in [-0.05, 0) is 67.7 Å². The highest BCUT2D eigenvalue weighted by Crippen LogP contribution is 2.19. The molecule has 0 saturated carbocycles. The molecule has 0 aliphatic heterocycles. The van der Waals surface area contributed by atoms with E-state index in [4.69, 9.17) is 17.2 Å². The molecule has 16 heavy (non-hydrogen) atoms. The molecule has 90 valence electrons. The summed E-state index contributed by atoms with van der Waals surface area (Å²) in [6.07, 6.45) is 2.13. The van der Waals surface area contributed by atoms with Crippen LogP contribution in [0.25, 0.3) is 0 Å². The first kappa shape index (κ1) is 13.1. The van der Waals surface area contributed by atoms with Gasteiger partial charge in [0.15, 0.2) is 0 Å². The van der Waals surface area contributed by atoms with E-state index in [9.17, 15) is 4.39 Å². The van der Waals surface area contributed by atoms with Crippen LogP contribution in [0.3, 0.4) is 0 Å². The van der Waals surface area contributed by atoms with Crippen LogP contribution in [0.5, 0.6) is 0 Å². The number of halogens is 1. The fourth-order valence-electron chi connectivity index (χ4n) is 1.98. The molecule has 0 amide bonds. The van der Waals surface area contributed by atoms with Crippen molar-refractivity contribution in [1.29, 1.82) is 0 Å². The van der Waals surface area contributed by atoms with E-state index in [0.29, 0.717) is 32.5 Å². The van der Waals surface area contributed by atoms with Crippen LogP contribution >= 0.6 is 0 Å². The predicted molar refractivity (Wildman–Crippen MR) is 64.7 cm³/mol. The van der Waals surface area contributed by atoms with Gasteiger partial charge in [-0.25, -0.2) is 4.39 Å². The average Bonchev–Trinajstić information content (AvgIpc) is 2.24. The van der Waals surface area contributed by atoms with Crippen molar-refractivity contribution >= 4 is 0 Å². The van der Waals surface area contributed by atoms with Gasteiger partial charge in [0.05, 0.1) is 0 Å². The smallest absolute Gasteiger partial charge is 0.123 e. The Kier molecular flexibility index (Phi) is 5.38. The minimum atomic E-state index is -0.215. The van der Waals surface area contributed by atoms with Gasteiger partial charge in [0.1, 0.15) is 5.82 Å². The lowest BCUT2D eigenvalue weighted by Crippen LogP contribution is -2.14. The first-order valence-corrected chi connectivity index (χ1v) is 5.63. The van der Waals surface area contributed by atoms with Gasteiger partial charge < -0.3 is 17.2 Å². The minimum absolute atomic E-state index is 0.215. The monoisotopic (exact) mass is 225 g/mol. The highest BCUT2D eigenvalue weighted by atomic mass is 19.1. The molecular weight excluding hydrogens is 205 g/mol. The van der Waals surface area contributed by atoms with E-state index < -0.39 is 0 Å². The molecule has 0 unspecified atom stereocenters. The van der Waals surface area contributed by atoms with Crippen LogP contribution in [0.1, 0.15) is 16.7 Å². The van der Waals surface area contributed by atoms with Gasteiger partial charge in [-0.3, -0.25) is 0 Å². The third kappa shape index (κ3) is 3.27. The highest BCUT2D eigenvalue weighted by molar-refractivity contribution is 5.37. The summed E-state index contributed by atoms with van der Waals surface area (Å²) in [5.41, 5.74) is 19.7. The Labute approximate surface area is 95.8 Å². The molecule has 1 aromatic rings. The van der Waals surface area contributed by atoms with Gasteiger partial charge in [0, 0.05) is 0 Å². The summed E-state index contributed by atoms with van der Waals surface area (Å²) in [5.74, 6) is -0.215. The third-order valence-corrected chi connectivity index (χ3v) is 2.62. The summed E-state index contributed by atoms with van der Waals surface area (Å²) in [5, 5.41) is 0. The Balaban J connectivity index is 3.12. The zero-order valence-electron chi connectivity index (χ0n) is 9.51. The van der Waals surface area contributed by atoms with Gasteiger partial charge in [0.25, 0.3) is 0 Å². The fraction of sp³-hybridized carbons (Fsp3) is 0.500. The summed E-state index contributed by atoms with van der Waals surface area (Å²) >= 11 is 0. The number of rotatable bonds is 6. The Morgan fingerprint density at radius 1 is 0.812 bits per heavy atom. The van der Waals surface area contributed by atoms with Crippen LogP contribution in [0, 0.1) is 5.82 Å². The lowest BCUT2D eigenvalue weighted by atomic mass is 9.94. The van der Waals surface area contributed by atoms with Crippen molar-refractivity contribution in [2.75, 3.05) is 19.6 Å². The van der Waals surface area contributed by atoms with Crippen molar-refractivity contribution in [3.63, 3.8) is 0 Å². The lowest BCUT2D eigenvalue weighted by Gasteiger charge is -2.14. The molecule has 1 rings (SSSR count). The van der Waals surface area contributed by atoms with Crippen molar-refractivity contribution in [1.82, 2.24) is 0 Å². The summed E-state index contributed by atoms with van der Waals surface area (Å²) in [4.78, 5) is 0. The molecule has 0 heterocycles. The number of benzene rings is 1. The second kappa shape index (κ2) is 6.58. The Bertz CT molecular complexity index is 312. The van der Waals surface area contributed by atoms with Crippen molar-refractivity contribution in [3.05, 3.63) is 34.6 Å². The highest BCUT2D eigenvalue weighted by Gasteiger charge is 2.09. The van der Waals surface area contributed by atoms with Crippen molar-refractivity contribution in [2.45, 2.75) is 19.3 Å². The van der Waals surface area contributed by atoms with E-state index in [2.05, 4.69) is 0 Å². The number of nitrogens with two attached hydrogens (primary N) is 3. The summed E-state index contributed by atoms with van der Waals surface area (Å²) in [6.45, 7) is 1.59. The van der Waals surface area contributed by atoms with Crippen LogP contribution in [-0.4, -0.2) is 19.6 Å². The maximum absolute atomic E-state index is 13.4. The van der Waals surface area contributed by atoms with Gasteiger partial charge in [-0.15, -0.1) is 0 Å². The van der Waals surface area contributed by atoms with Crippen molar-refractivity contribution in [2.24, 2.45) is 17.2 Å². The Hall–Kier alpha value is -0.970. The molecule has 0 aromatic heterocycles. The molecular formula is C12H20FN3. The van der Waals surface area contributed by atoms with Crippen molar-refractivity contribution < 1.29 is 4.39 Å². The molecule has 0 aliphatic carbocycles. The summed E-state index contributed by atoms with van der Waals surface area (Å²) < 4.78 is 13.4. The normalized spacial score (nSPS) is 10.8. The van der Waals surface area contributed by atoms with Gasteiger partial charge >= 0.3 is 0 Å². The molecule has 0 spiro atoms. The van der Waals surface area contributed by atoms with Crippen LogP contribution in [0.4, 0.5) is 4.39 Å².